The van der Waals surface area contributed by atoms with Crippen LogP contribution in [0.1, 0.15) is 36.3 Å². The Morgan fingerprint density at radius 3 is 3.00 bits per heavy atom. The third-order valence-corrected chi connectivity index (χ3v) is 5.46. The van der Waals surface area contributed by atoms with E-state index in [0.29, 0.717) is 34.3 Å². The Bertz CT molecular complexity index is 965. The molecule has 1 aliphatic carbocycles. The lowest BCUT2D eigenvalue weighted by Gasteiger charge is -2.32. The first-order valence-electron chi connectivity index (χ1n) is 8.50. The van der Waals surface area contributed by atoms with Crippen LogP contribution in [0.15, 0.2) is 58.4 Å². The molecule has 4 rings (SSSR count). The molecule has 0 saturated heterocycles. The van der Waals surface area contributed by atoms with Gasteiger partial charge in [-0.2, -0.15) is 0 Å². The largest absolute Gasteiger partial charge is 0.343 e. The van der Waals surface area contributed by atoms with Crippen molar-refractivity contribution in [3.8, 4) is 0 Å². The molecule has 0 bridgehead atoms. The predicted molar refractivity (Wildman–Crippen MR) is 101 cm³/mol. The van der Waals surface area contributed by atoms with E-state index in [1.54, 1.807) is 18.5 Å². The molecule has 7 heteroatoms. The number of pyridine rings is 1. The molecule has 0 radical (unpaired) electrons. The third-order valence-electron chi connectivity index (χ3n) is 4.59. The Labute approximate surface area is 154 Å². The van der Waals surface area contributed by atoms with Crippen LogP contribution in [0.25, 0.3) is 0 Å². The molecule has 2 aliphatic rings. The summed E-state index contributed by atoms with van der Waals surface area (Å²) in [6, 6.07) is 3.72. The molecule has 26 heavy (non-hydrogen) atoms. The fourth-order valence-electron chi connectivity index (χ4n) is 3.53. The Balaban J connectivity index is 1.91. The van der Waals surface area contributed by atoms with Crippen LogP contribution in [-0.4, -0.2) is 26.5 Å². The highest BCUT2D eigenvalue weighted by molar-refractivity contribution is 7.99. The van der Waals surface area contributed by atoms with E-state index < -0.39 is 5.92 Å². The lowest BCUT2D eigenvalue weighted by Crippen LogP contribution is -2.32. The van der Waals surface area contributed by atoms with Gasteiger partial charge in [-0.25, -0.2) is 4.98 Å². The van der Waals surface area contributed by atoms with Gasteiger partial charge in [0, 0.05) is 41.8 Å². The van der Waals surface area contributed by atoms with Gasteiger partial charge in [0.1, 0.15) is 5.82 Å². The molecule has 0 amide bonds. The number of fused-ring (bicyclic) bond motifs is 1. The number of H-pyrrole nitrogens is 1. The van der Waals surface area contributed by atoms with Crippen molar-refractivity contribution in [1.82, 2.24) is 15.0 Å². The Hall–Kier alpha value is -2.67. The highest BCUT2D eigenvalue weighted by Crippen LogP contribution is 2.43. The minimum Gasteiger partial charge on any atom is -0.343 e. The van der Waals surface area contributed by atoms with Crippen LogP contribution in [0.4, 0.5) is 5.82 Å². The maximum atomic E-state index is 12.9. The van der Waals surface area contributed by atoms with Crippen molar-refractivity contribution in [2.75, 3.05) is 11.1 Å². The fraction of sp³-hybridized carbons (Fsp3) is 0.263. The van der Waals surface area contributed by atoms with Crippen LogP contribution in [0.3, 0.4) is 0 Å². The number of nitrogens with zero attached hydrogens (tertiary/aromatic N) is 2. The molecule has 2 aromatic rings. The summed E-state index contributed by atoms with van der Waals surface area (Å²) in [7, 11) is 0. The molecule has 2 N–H and O–H groups in total. The number of hydrogen-bond acceptors (Lipinski definition) is 6. The summed E-state index contributed by atoms with van der Waals surface area (Å²) in [6.07, 6.45) is 7.25. The first-order chi connectivity index (χ1) is 12.7. The molecule has 3 heterocycles. The summed E-state index contributed by atoms with van der Waals surface area (Å²) in [5.41, 5.74) is 2.63. The highest BCUT2D eigenvalue weighted by Gasteiger charge is 2.37. The summed E-state index contributed by atoms with van der Waals surface area (Å²) >= 11 is 1.41. The lowest BCUT2D eigenvalue weighted by atomic mass is 9.77. The van der Waals surface area contributed by atoms with Gasteiger partial charge in [0.15, 0.2) is 10.9 Å². The van der Waals surface area contributed by atoms with Crippen molar-refractivity contribution in [2.45, 2.75) is 30.3 Å². The number of aromatic nitrogens is 3. The van der Waals surface area contributed by atoms with Gasteiger partial charge < -0.3 is 10.3 Å². The van der Waals surface area contributed by atoms with E-state index in [1.165, 1.54) is 11.8 Å². The number of rotatable bonds is 4. The Morgan fingerprint density at radius 2 is 2.23 bits per heavy atom. The van der Waals surface area contributed by atoms with E-state index in [-0.39, 0.29) is 11.3 Å². The Morgan fingerprint density at radius 1 is 1.35 bits per heavy atom. The van der Waals surface area contributed by atoms with Gasteiger partial charge in [0.25, 0.3) is 5.56 Å². The predicted octanol–water partition coefficient (Wildman–Crippen LogP) is 3.01. The maximum absolute atomic E-state index is 12.9. The number of aromatic amines is 1. The first kappa shape index (κ1) is 16.8. The maximum Gasteiger partial charge on any atom is 0.257 e. The molecule has 2 aromatic heterocycles. The highest BCUT2D eigenvalue weighted by atomic mass is 32.2. The van der Waals surface area contributed by atoms with Gasteiger partial charge in [-0.05, 0) is 24.5 Å². The molecular weight excluding hydrogens is 348 g/mol. The molecule has 132 valence electrons. The molecule has 1 atom stereocenters. The van der Waals surface area contributed by atoms with E-state index >= 15 is 0 Å². The molecule has 1 aliphatic heterocycles. The lowest BCUT2D eigenvalue weighted by molar-refractivity contribution is -0.116. The van der Waals surface area contributed by atoms with Gasteiger partial charge in [0.2, 0.25) is 0 Å². The Kier molecular flexibility index (Phi) is 4.46. The molecule has 0 aromatic carbocycles. The quantitative estimate of drug-likeness (QED) is 0.491. The number of allylic oxidation sites excluding steroid dienone is 2. The number of thioether (sulfide) groups is 1. The standard InChI is InChI=1S/C19H18N4O2S/c1-2-9-26-19-22-17-16(18(25)23-19)14(11-5-4-8-20-10-11)15-12(21-17)6-3-7-13(15)24/h2,4-5,8,10,14H,1,3,6-7,9H2,(H2,21,22,23,25)/t14-/m1/s1. The minimum atomic E-state index is -0.433. The van der Waals surface area contributed by atoms with Crippen LogP contribution < -0.4 is 10.9 Å². The van der Waals surface area contributed by atoms with Gasteiger partial charge in [-0.1, -0.05) is 23.9 Å². The zero-order chi connectivity index (χ0) is 18.1. The van der Waals surface area contributed by atoms with E-state index in [0.717, 1.165) is 24.1 Å². The van der Waals surface area contributed by atoms with Gasteiger partial charge >= 0.3 is 0 Å². The van der Waals surface area contributed by atoms with Crippen LogP contribution in [-0.2, 0) is 4.79 Å². The summed E-state index contributed by atoms with van der Waals surface area (Å²) in [5, 5.41) is 3.79. The summed E-state index contributed by atoms with van der Waals surface area (Å²) in [4.78, 5) is 37.2. The second-order valence-electron chi connectivity index (χ2n) is 6.25. The average Bonchev–Trinajstić information content (AvgIpc) is 2.65. The second-order valence-corrected chi connectivity index (χ2v) is 7.26. The van der Waals surface area contributed by atoms with Gasteiger partial charge in [-0.3, -0.25) is 14.6 Å². The van der Waals surface area contributed by atoms with Crippen molar-refractivity contribution in [1.29, 1.82) is 0 Å². The van der Waals surface area contributed by atoms with Crippen LogP contribution in [0.5, 0.6) is 0 Å². The van der Waals surface area contributed by atoms with Gasteiger partial charge in [0.05, 0.1) is 5.56 Å². The molecule has 0 unspecified atom stereocenters. The smallest absolute Gasteiger partial charge is 0.257 e. The SMILES string of the molecule is C=CCSc1nc2c(c(=O)[nH]1)[C@H](c1cccnc1)C1=C(CCCC1=O)N2. The van der Waals surface area contributed by atoms with E-state index in [2.05, 4.69) is 26.8 Å². The number of ketones is 1. The summed E-state index contributed by atoms with van der Waals surface area (Å²) in [5.74, 6) is 0.836. The topological polar surface area (TPSA) is 87.7 Å². The second kappa shape index (κ2) is 6.92. The monoisotopic (exact) mass is 366 g/mol. The number of nitrogens with one attached hydrogen (secondary N) is 2. The van der Waals surface area contributed by atoms with Crippen LogP contribution in [0, 0.1) is 0 Å². The molecule has 0 saturated carbocycles. The minimum absolute atomic E-state index is 0.0859. The van der Waals surface area contributed by atoms with Gasteiger partial charge in [-0.15, -0.1) is 6.58 Å². The van der Waals surface area contributed by atoms with Crippen molar-refractivity contribution < 1.29 is 4.79 Å². The number of anilines is 1. The van der Waals surface area contributed by atoms with E-state index in [4.69, 9.17) is 0 Å². The normalized spacial score (nSPS) is 18.8. The summed E-state index contributed by atoms with van der Waals surface area (Å²) in [6.45, 7) is 3.69. The third kappa shape index (κ3) is 2.88. The number of carbonyl (C=O) groups excluding carboxylic acids is 1. The zero-order valence-corrected chi connectivity index (χ0v) is 14.9. The first-order valence-corrected chi connectivity index (χ1v) is 9.48. The number of Topliss-reactive ketones (excluding diaryl/α,β-unsaturated/α-hetero) is 1. The number of carbonyl (C=O) groups is 1. The van der Waals surface area contributed by atoms with Crippen LogP contribution in [0.2, 0.25) is 0 Å². The van der Waals surface area contributed by atoms with Crippen LogP contribution >= 0.6 is 11.8 Å². The zero-order valence-electron chi connectivity index (χ0n) is 14.1. The summed E-state index contributed by atoms with van der Waals surface area (Å²) < 4.78 is 0. The van der Waals surface area contributed by atoms with E-state index in [1.807, 2.05) is 12.1 Å². The van der Waals surface area contributed by atoms with E-state index in [9.17, 15) is 9.59 Å². The molecule has 6 nitrogen and oxygen atoms in total. The van der Waals surface area contributed by atoms with Crippen molar-refractivity contribution in [3.05, 3.63) is 69.9 Å². The van der Waals surface area contributed by atoms with Crippen molar-refractivity contribution >= 4 is 23.4 Å². The fourth-order valence-corrected chi connectivity index (χ4v) is 4.12. The van der Waals surface area contributed by atoms with Crippen molar-refractivity contribution in [3.63, 3.8) is 0 Å². The molecular formula is C19H18N4O2S. The molecule has 0 spiro atoms. The number of hydrogen-bond donors (Lipinski definition) is 2. The molecule has 0 fully saturated rings. The van der Waals surface area contributed by atoms with Crippen molar-refractivity contribution in [2.24, 2.45) is 0 Å². The average molecular weight is 366 g/mol.